The van der Waals surface area contributed by atoms with Crippen molar-refractivity contribution >= 4 is 33.3 Å². The molecular weight excluding hydrogens is 322 g/mol. The maximum atomic E-state index is 11.3. The van der Waals surface area contributed by atoms with E-state index in [1.807, 2.05) is 36.5 Å². The Hall–Kier alpha value is -1.80. The first-order valence-electron chi connectivity index (χ1n) is 6.71. The van der Waals surface area contributed by atoms with Gasteiger partial charge in [-0.3, -0.25) is 0 Å². The van der Waals surface area contributed by atoms with Crippen LogP contribution in [0.25, 0.3) is 0 Å². The highest BCUT2D eigenvalue weighted by Crippen LogP contribution is 2.17. The van der Waals surface area contributed by atoms with Crippen molar-refractivity contribution in [3.63, 3.8) is 0 Å². The summed E-state index contributed by atoms with van der Waals surface area (Å²) in [7, 11) is -3.39. The lowest BCUT2D eigenvalue weighted by Gasteiger charge is -2.06. The van der Waals surface area contributed by atoms with Crippen molar-refractivity contribution in [2.24, 2.45) is 0 Å². The number of nitrogens with zero attached hydrogens (tertiary/aromatic N) is 3. The minimum atomic E-state index is -3.39. The number of sulfone groups is 1. The number of para-hydroxylation sites is 1. The van der Waals surface area contributed by atoms with Crippen LogP contribution < -0.4 is 4.74 Å². The Labute approximate surface area is 134 Å². The molecule has 0 unspecified atom stereocenters. The third kappa shape index (κ3) is 4.35. The van der Waals surface area contributed by atoms with Gasteiger partial charge in [0, 0.05) is 29.9 Å². The van der Waals surface area contributed by atoms with Crippen LogP contribution in [0.1, 0.15) is 13.8 Å². The first-order chi connectivity index (χ1) is 10.4. The van der Waals surface area contributed by atoms with E-state index in [0.717, 1.165) is 23.5 Å². The monoisotopic (exact) mass is 340 g/mol. The molecule has 2 aromatic rings. The fraction of sp³-hybridized carbons (Fsp3) is 0.357. The molecule has 0 aliphatic rings. The van der Waals surface area contributed by atoms with Crippen LogP contribution in [0.2, 0.25) is 0 Å². The standard InChI is InChI=1S/C14H18N3O3S2/c1-11(2)17(12-7-5-4-6-8-12)9-10-20-14-15-13(16-21-14)22(3,18)19/h4-9,11H,10H2,1-3H3/q+1. The molecule has 0 saturated heterocycles. The molecule has 0 aliphatic heterocycles. The average Bonchev–Trinajstić information content (AvgIpc) is 2.93. The maximum Gasteiger partial charge on any atom is 0.294 e. The van der Waals surface area contributed by atoms with E-state index < -0.39 is 9.84 Å². The molecule has 0 amide bonds. The third-order valence-corrected chi connectivity index (χ3v) is 4.40. The molecule has 0 saturated carbocycles. The molecule has 118 valence electrons. The van der Waals surface area contributed by atoms with Gasteiger partial charge in [0.15, 0.2) is 18.9 Å². The van der Waals surface area contributed by atoms with E-state index >= 15 is 0 Å². The van der Waals surface area contributed by atoms with Crippen LogP contribution in [-0.4, -0.2) is 47.5 Å². The predicted octanol–water partition coefficient (Wildman–Crippen LogP) is 2.14. The minimum Gasteiger partial charge on any atom is -0.458 e. The van der Waals surface area contributed by atoms with Gasteiger partial charge in [0.25, 0.3) is 10.4 Å². The average molecular weight is 340 g/mol. The molecule has 6 nitrogen and oxygen atoms in total. The molecule has 0 N–H and O–H groups in total. The lowest BCUT2D eigenvalue weighted by molar-refractivity contribution is -0.472. The van der Waals surface area contributed by atoms with Crippen LogP contribution in [0.4, 0.5) is 5.69 Å². The molecule has 0 radical (unpaired) electrons. The number of ether oxygens (including phenoxy) is 1. The van der Waals surface area contributed by atoms with Crippen LogP contribution in [0, 0.1) is 0 Å². The second kappa shape index (κ2) is 6.97. The number of rotatable bonds is 6. The summed E-state index contributed by atoms with van der Waals surface area (Å²) in [5.74, 6) is 0. The fourth-order valence-electron chi connectivity index (χ4n) is 1.81. The van der Waals surface area contributed by atoms with Crippen LogP contribution in [-0.2, 0) is 9.84 Å². The summed E-state index contributed by atoms with van der Waals surface area (Å²) in [5.41, 5.74) is 1.06. The topological polar surface area (TPSA) is 72.2 Å². The molecule has 0 spiro atoms. The van der Waals surface area contributed by atoms with E-state index in [0.29, 0.717) is 0 Å². The van der Waals surface area contributed by atoms with Gasteiger partial charge >= 0.3 is 0 Å². The third-order valence-electron chi connectivity index (χ3n) is 2.81. The Bertz CT molecular complexity index is 753. The molecule has 8 heteroatoms. The summed E-state index contributed by atoms with van der Waals surface area (Å²) >= 11 is 0.931. The van der Waals surface area contributed by atoms with E-state index in [1.165, 1.54) is 0 Å². The van der Waals surface area contributed by atoms with Crippen molar-refractivity contribution in [1.29, 1.82) is 0 Å². The minimum absolute atomic E-state index is 0.198. The zero-order valence-corrected chi connectivity index (χ0v) is 14.3. The van der Waals surface area contributed by atoms with Crippen molar-refractivity contribution in [3.8, 4) is 5.19 Å². The van der Waals surface area contributed by atoms with E-state index in [2.05, 4.69) is 27.8 Å². The van der Waals surface area contributed by atoms with Crippen molar-refractivity contribution in [3.05, 3.63) is 30.3 Å². The second-order valence-corrected chi connectivity index (χ2v) is 7.57. The van der Waals surface area contributed by atoms with Gasteiger partial charge in [-0.15, -0.1) is 0 Å². The normalized spacial score (nSPS) is 12.6. The molecule has 2 rings (SSSR count). The fourth-order valence-corrected chi connectivity index (χ4v) is 3.21. The van der Waals surface area contributed by atoms with Gasteiger partial charge in [0.05, 0.1) is 0 Å². The van der Waals surface area contributed by atoms with Crippen LogP contribution >= 0.6 is 11.5 Å². The number of aromatic nitrogens is 2. The lowest BCUT2D eigenvalue weighted by Crippen LogP contribution is -2.19. The van der Waals surface area contributed by atoms with Crippen molar-refractivity contribution in [2.75, 3.05) is 12.9 Å². The van der Waals surface area contributed by atoms with Gasteiger partial charge in [-0.05, 0) is 13.8 Å². The highest BCUT2D eigenvalue weighted by atomic mass is 32.2. The Morgan fingerprint density at radius 2 is 2.00 bits per heavy atom. The molecule has 1 aromatic heterocycles. The lowest BCUT2D eigenvalue weighted by atomic mass is 10.2. The highest BCUT2D eigenvalue weighted by Gasteiger charge is 2.16. The molecule has 1 aromatic carbocycles. The van der Waals surface area contributed by atoms with Crippen LogP contribution in [0.5, 0.6) is 5.19 Å². The first kappa shape index (κ1) is 16.6. The van der Waals surface area contributed by atoms with Gasteiger partial charge in [0.1, 0.15) is 0 Å². The van der Waals surface area contributed by atoms with E-state index in [1.54, 1.807) is 0 Å². The summed E-state index contributed by atoms with van der Waals surface area (Å²) in [4.78, 5) is 3.85. The van der Waals surface area contributed by atoms with Crippen molar-refractivity contribution in [2.45, 2.75) is 25.0 Å². The van der Waals surface area contributed by atoms with E-state index in [-0.39, 0.29) is 23.0 Å². The zero-order valence-electron chi connectivity index (χ0n) is 12.6. The molecule has 0 fully saturated rings. The van der Waals surface area contributed by atoms with Gasteiger partial charge < -0.3 is 4.74 Å². The summed E-state index contributed by atoms with van der Waals surface area (Å²) in [6.07, 6.45) is 2.97. The number of benzene rings is 1. The largest absolute Gasteiger partial charge is 0.458 e. The smallest absolute Gasteiger partial charge is 0.294 e. The van der Waals surface area contributed by atoms with Crippen LogP contribution in [0.3, 0.4) is 0 Å². The molecule has 0 atom stereocenters. The maximum absolute atomic E-state index is 11.3. The molecular formula is C14H18N3O3S2+. The molecule has 22 heavy (non-hydrogen) atoms. The Kier molecular flexibility index (Phi) is 5.25. The Morgan fingerprint density at radius 1 is 1.32 bits per heavy atom. The van der Waals surface area contributed by atoms with Gasteiger partial charge in [-0.1, -0.05) is 18.2 Å². The summed E-state index contributed by atoms with van der Waals surface area (Å²) < 4.78 is 33.9. The zero-order chi connectivity index (χ0) is 16.2. The van der Waals surface area contributed by atoms with Crippen molar-refractivity contribution in [1.82, 2.24) is 9.36 Å². The first-order valence-corrected chi connectivity index (χ1v) is 9.37. The SMILES string of the molecule is CC(C)[N+](=CCOc1nc(S(C)(=O)=O)ns1)c1ccccc1. The summed E-state index contributed by atoms with van der Waals surface area (Å²) in [6, 6.07) is 10.2. The molecule has 0 aliphatic carbocycles. The number of hydrogen-bond donors (Lipinski definition) is 0. The summed E-state index contributed by atoms with van der Waals surface area (Å²) in [6.45, 7) is 4.44. The van der Waals surface area contributed by atoms with Gasteiger partial charge in [-0.2, -0.15) is 13.9 Å². The summed E-state index contributed by atoms with van der Waals surface area (Å²) in [5, 5.41) is 0.0460. The van der Waals surface area contributed by atoms with Crippen molar-refractivity contribution < 1.29 is 17.7 Å². The predicted molar refractivity (Wildman–Crippen MR) is 86.1 cm³/mol. The van der Waals surface area contributed by atoms with E-state index in [4.69, 9.17) is 4.74 Å². The van der Waals surface area contributed by atoms with Gasteiger partial charge in [-0.25, -0.2) is 8.42 Å². The molecule has 0 bridgehead atoms. The quantitative estimate of drug-likeness (QED) is 0.595. The Balaban J connectivity index is 2.08. The number of hydrogen-bond acceptors (Lipinski definition) is 6. The van der Waals surface area contributed by atoms with Crippen LogP contribution in [0.15, 0.2) is 35.5 Å². The second-order valence-electron chi connectivity index (χ2n) is 4.95. The molecule has 1 heterocycles. The highest BCUT2D eigenvalue weighted by molar-refractivity contribution is 7.90. The van der Waals surface area contributed by atoms with E-state index in [9.17, 15) is 8.42 Å². The van der Waals surface area contributed by atoms with Gasteiger partial charge in [0.2, 0.25) is 15.5 Å². The Morgan fingerprint density at radius 3 is 2.55 bits per heavy atom.